The molecule has 0 spiro atoms. The van der Waals surface area contributed by atoms with E-state index in [0.717, 1.165) is 44.3 Å². The van der Waals surface area contributed by atoms with Gasteiger partial charge in [0.2, 0.25) is 0 Å². The van der Waals surface area contributed by atoms with Crippen molar-refractivity contribution in [1.29, 1.82) is 0 Å². The molecule has 1 saturated heterocycles. The van der Waals surface area contributed by atoms with Crippen LogP contribution in [0.15, 0.2) is 24.3 Å². The molecule has 6 nitrogen and oxygen atoms in total. The summed E-state index contributed by atoms with van der Waals surface area (Å²) >= 11 is 0. The van der Waals surface area contributed by atoms with Crippen molar-refractivity contribution in [2.75, 3.05) is 33.9 Å². The lowest BCUT2D eigenvalue weighted by atomic mass is 10.1. The first-order valence-corrected chi connectivity index (χ1v) is 9.44. The van der Waals surface area contributed by atoms with Crippen molar-refractivity contribution in [1.82, 2.24) is 15.1 Å². The van der Waals surface area contributed by atoms with Crippen LogP contribution in [-0.2, 0) is 11.3 Å². The second-order valence-electron chi connectivity index (χ2n) is 7.43. The molecule has 1 N–H and O–H groups in total. The van der Waals surface area contributed by atoms with E-state index in [-0.39, 0.29) is 17.5 Å². The third kappa shape index (κ3) is 4.18. The maximum atomic E-state index is 12.6. The molecular formula is C20H29N3O3. The molecule has 6 heteroatoms. The number of methoxy groups -OCH3 is 1. The predicted molar refractivity (Wildman–Crippen MR) is 100 cm³/mol. The van der Waals surface area contributed by atoms with Crippen molar-refractivity contribution >= 4 is 11.9 Å². The van der Waals surface area contributed by atoms with Gasteiger partial charge in [0.1, 0.15) is 0 Å². The van der Waals surface area contributed by atoms with Crippen LogP contribution in [0, 0.1) is 0 Å². The Bertz CT molecular complexity index is 651. The molecular weight excluding hydrogens is 330 g/mol. The number of carbonyl (C=O) groups is 2. The first-order chi connectivity index (χ1) is 12.6. The van der Waals surface area contributed by atoms with Crippen molar-refractivity contribution in [2.24, 2.45) is 0 Å². The minimum atomic E-state index is -0.148. The third-order valence-electron chi connectivity index (χ3n) is 5.52. The highest BCUT2D eigenvalue weighted by Crippen LogP contribution is 2.41. The Hall–Kier alpha value is -2.08. The number of hydrogen-bond acceptors (Lipinski definition) is 3. The lowest BCUT2D eigenvalue weighted by molar-refractivity contribution is 0.0724. The van der Waals surface area contributed by atoms with E-state index >= 15 is 0 Å². The van der Waals surface area contributed by atoms with E-state index in [9.17, 15) is 9.59 Å². The van der Waals surface area contributed by atoms with Crippen LogP contribution >= 0.6 is 0 Å². The first-order valence-electron chi connectivity index (χ1n) is 9.44. The molecule has 3 amide bonds. The molecule has 1 saturated carbocycles. The molecule has 0 unspecified atom stereocenters. The van der Waals surface area contributed by atoms with Crippen LogP contribution in [0.5, 0.6) is 0 Å². The number of amides is 3. The van der Waals surface area contributed by atoms with Crippen molar-refractivity contribution < 1.29 is 14.3 Å². The third-order valence-corrected chi connectivity index (χ3v) is 5.52. The topological polar surface area (TPSA) is 61.9 Å². The number of nitrogens with zero attached hydrogens (tertiary/aromatic N) is 2. The number of benzene rings is 1. The highest BCUT2D eigenvalue weighted by molar-refractivity contribution is 5.94. The standard InChI is InChI=1S/C20H29N3O3/c1-22(20(9-10-20)15-26-2)19(25)21-14-16-7-6-8-17(13-16)18(24)23-11-4-3-5-12-23/h6-8,13H,3-5,9-12,14-15H2,1-2H3,(H,21,25). The zero-order chi connectivity index (χ0) is 18.6. The van der Waals surface area contributed by atoms with E-state index in [1.54, 1.807) is 12.0 Å². The smallest absolute Gasteiger partial charge is 0.317 e. The van der Waals surface area contributed by atoms with Crippen LogP contribution in [0.25, 0.3) is 0 Å². The summed E-state index contributed by atoms with van der Waals surface area (Å²) in [6, 6.07) is 7.46. The lowest BCUT2D eigenvalue weighted by Gasteiger charge is -2.28. The quantitative estimate of drug-likeness (QED) is 0.849. The Morgan fingerprint density at radius 1 is 1.23 bits per heavy atom. The van der Waals surface area contributed by atoms with E-state index < -0.39 is 0 Å². The molecule has 2 fully saturated rings. The second kappa shape index (κ2) is 8.08. The highest BCUT2D eigenvalue weighted by atomic mass is 16.5. The first kappa shape index (κ1) is 18.7. The van der Waals surface area contributed by atoms with Gasteiger partial charge in [0.15, 0.2) is 0 Å². The zero-order valence-corrected chi connectivity index (χ0v) is 15.8. The Balaban J connectivity index is 1.57. The maximum Gasteiger partial charge on any atom is 0.317 e. The van der Waals surface area contributed by atoms with Gasteiger partial charge in [0.05, 0.1) is 12.1 Å². The fraction of sp³-hybridized carbons (Fsp3) is 0.600. The Kier molecular flexibility index (Phi) is 5.81. The fourth-order valence-corrected chi connectivity index (χ4v) is 3.60. The Labute approximate surface area is 155 Å². The summed E-state index contributed by atoms with van der Waals surface area (Å²) in [5.41, 5.74) is 1.49. The number of likely N-dealkylation sites (N-methyl/N-ethyl adjacent to an activating group) is 1. The summed E-state index contributed by atoms with van der Waals surface area (Å²) in [5, 5.41) is 2.96. The molecule has 0 atom stereocenters. The summed E-state index contributed by atoms with van der Waals surface area (Å²) in [5.74, 6) is 0.0898. The van der Waals surface area contributed by atoms with Crippen molar-refractivity contribution in [2.45, 2.75) is 44.2 Å². The van der Waals surface area contributed by atoms with Crippen LogP contribution in [0.4, 0.5) is 4.79 Å². The summed E-state index contributed by atoms with van der Waals surface area (Å²) in [6.07, 6.45) is 5.32. The van der Waals surface area contributed by atoms with Crippen molar-refractivity contribution in [3.05, 3.63) is 35.4 Å². The largest absolute Gasteiger partial charge is 0.382 e. The normalized spacial score (nSPS) is 18.3. The number of likely N-dealkylation sites (tertiary alicyclic amines) is 1. The van der Waals surface area contributed by atoms with Crippen molar-refractivity contribution in [3.63, 3.8) is 0 Å². The molecule has 0 radical (unpaired) electrons. The number of urea groups is 1. The molecule has 3 rings (SSSR count). The molecule has 0 bridgehead atoms. The molecule has 1 aromatic carbocycles. The lowest BCUT2D eigenvalue weighted by Crippen LogP contribution is -2.47. The SMILES string of the molecule is COCC1(N(C)C(=O)NCc2cccc(C(=O)N3CCCCC3)c2)CC1. The highest BCUT2D eigenvalue weighted by Gasteiger charge is 2.48. The van der Waals surface area contributed by atoms with E-state index in [2.05, 4.69) is 5.32 Å². The number of carbonyl (C=O) groups excluding carboxylic acids is 2. The minimum Gasteiger partial charge on any atom is -0.382 e. The summed E-state index contributed by atoms with van der Waals surface area (Å²) < 4.78 is 5.24. The number of piperidine rings is 1. The average Bonchev–Trinajstić information content (AvgIpc) is 3.47. The van der Waals surface area contributed by atoms with Gasteiger partial charge in [-0.3, -0.25) is 4.79 Å². The van der Waals surface area contributed by atoms with E-state index in [1.165, 1.54) is 6.42 Å². The molecule has 1 aromatic rings. The summed E-state index contributed by atoms with van der Waals surface area (Å²) in [6.45, 7) is 2.66. The average molecular weight is 359 g/mol. The predicted octanol–water partition coefficient (Wildman–Crippen LogP) is 2.63. The van der Waals surface area contributed by atoms with Crippen LogP contribution < -0.4 is 5.32 Å². The monoisotopic (exact) mass is 359 g/mol. The van der Waals surface area contributed by atoms with E-state index in [4.69, 9.17) is 4.74 Å². The van der Waals surface area contributed by atoms with Crippen LogP contribution in [-0.4, -0.2) is 61.1 Å². The van der Waals surface area contributed by atoms with Crippen LogP contribution in [0.3, 0.4) is 0 Å². The molecule has 2 aliphatic rings. The number of ether oxygens (including phenoxy) is 1. The maximum absolute atomic E-state index is 12.6. The number of nitrogens with one attached hydrogen (secondary N) is 1. The molecule has 1 aliphatic carbocycles. The summed E-state index contributed by atoms with van der Waals surface area (Å²) in [4.78, 5) is 28.7. The van der Waals surface area contributed by atoms with Gasteiger partial charge in [0, 0.05) is 39.4 Å². The summed E-state index contributed by atoms with van der Waals surface area (Å²) in [7, 11) is 3.48. The number of hydrogen-bond donors (Lipinski definition) is 1. The van der Waals surface area contributed by atoms with Gasteiger partial charge in [0.25, 0.3) is 5.91 Å². The van der Waals surface area contributed by atoms with Gasteiger partial charge < -0.3 is 19.9 Å². The molecule has 1 aliphatic heterocycles. The number of rotatable bonds is 6. The van der Waals surface area contributed by atoms with Gasteiger partial charge in [-0.15, -0.1) is 0 Å². The fourth-order valence-electron chi connectivity index (χ4n) is 3.60. The van der Waals surface area contributed by atoms with Gasteiger partial charge in [-0.25, -0.2) is 4.79 Å². The molecule has 0 aromatic heterocycles. The van der Waals surface area contributed by atoms with Crippen LogP contribution in [0.2, 0.25) is 0 Å². The zero-order valence-electron chi connectivity index (χ0n) is 15.8. The minimum absolute atomic E-state index is 0.0898. The van der Waals surface area contributed by atoms with E-state index in [1.807, 2.05) is 36.2 Å². The van der Waals surface area contributed by atoms with Crippen LogP contribution in [0.1, 0.15) is 48.0 Å². The molecule has 142 valence electrons. The van der Waals surface area contributed by atoms with Gasteiger partial charge >= 0.3 is 6.03 Å². The van der Waals surface area contributed by atoms with Crippen molar-refractivity contribution in [3.8, 4) is 0 Å². The van der Waals surface area contributed by atoms with Gasteiger partial charge in [-0.05, 0) is 49.8 Å². The molecule has 1 heterocycles. The van der Waals surface area contributed by atoms with E-state index in [0.29, 0.717) is 18.7 Å². The Morgan fingerprint density at radius 3 is 2.62 bits per heavy atom. The molecule has 26 heavy (non-hydrogen) atoms. The Morgan fingerprint density at radius 2 is 1.96 bits per heavy atom. The van der Waals surface area contributed by atoms with Gasteiger partial charge in [-0.2, -0.15) is 0 Å². The second-order valence-corrected chi connectivity index (χ2v) is 7.43. The van der Waals surface area contributed by atoms with Gasteiger partial charge in [-0.1, -0.05) is 12.1 Å².